The van der Waals surface area contributed by atoms with Gasteiger partial charge in [0, 0.05) is 38.6 Å². The van der Waals surface area contributed by atoms with Crippen LogP contribution in [0.3, 0.4) is 0 Å². The number of benzene rings is 1. The van der Waals surface area contributed by atoms with E-state index in [4.69, 9.17) is 4.74 Å². The predicted molar refractivity (Wildman–Crippen MR) is 81.7 cm³/mol. The van der Waals surface area contributed by atoms with Crippen LogP contribution in [0.4, 0.5) is 0 Å². The molecule has 5 heteroatoms. The lowest BCUT2D eigenvalue weighted by molar-refractivity contribution is 0.0340. The number of rotatable bonds is 6. The highest BCUT2D eigenvalue weighted by Gasteiger charge is 2.12. The van der Waals surface area contributed by atoms with Gasteiger partial charge in [-0.15, -0.1) is 0 Å². The first-order valence-electron chi connectivity index (χ1n) is 7.47. The molecule has 1 fully saturated rings. The van der Waals surface area contributed by atoms with Gasteiger partial charge in [0.15, 0.2) is 0 Å². The monoisotopic (exact) mass is 286 g/mol. The average Bonchev–Trinajstić information content (AvgIpc) is 3.03. The van der Waals surface area contributed by atoms with Crippen molar-refractivity contribution >= 4 is 0 Å². The largest absolute Gasteiger partial charge is 0.379 e. The summed E-state index contributed by atoms with van der Waals surface area (Å²) in [7, 11) is 0. The molecule has 0 atom stereocenters. The fourth-order valence-electron chi connectivity index (χ4n) is 2.59. The topological polar surface area (TPSA) is 53.2 Å². The predicted octanol–water partition coefficient (Wildman–Crippen LogP) is 1.53. The molecule has 0 bridgehead atoms. The first kappa shape index (κ1) is 14.3. The molecule has 2 heterocycles. The second-order valence-corrected chi connectivity index (χ2v) is 5.30. The van der Waals surface area contributed by atoms with Crippen molar-refractivity contribution in [2.75, 3.05) is 26.3 Å². The normalized spacial score (nSPS) is 16.2. The number of hydrogen-bond donors (Lipinski definition) is 2. The molecule has 0 unspecified atom stereocenters. The van der Waals surface area contributed by atoms with Gasteiger partial charge in [-0.3, -0.25) is 4.90 Å². The Morgan fingerprint density at radius 1 is 1.14 bits per heavy atom. The highest BCUT2D eigenvalue weighted by atomic mass is 16.5. The van der Waals surface area contributed by atoms with E-state index in [0.29, 0.717) is 0 Å². The van der Waals surface area contributed by atoms with Crippen LogP contribution < -0.4 is 5.32 Å². The molecule has 21 heavy (non-hydrogen) atoms. The van der Waals surface area contributed by atoms with Gasteiger partial charge < -0.3 is 15.0 Å². The molecule has 2 N–H and O–H groups in total. The molecule has 0 radical (unpaired) electrons. The maximum absolute atomic E-state index is 5.41. The molecule has 1 aliphatic heterocycles. The summed E-state index contributed by atoms with van der Waals surface area (Å²) >= 11 is 0. The molecule has 1 aromatic heterocycles. The lowest BCUT2D eigenvalue weighted by Crippen LogP contribution is -2.36. The van der Waals surface area contributed by atoms with Gasteiger partial charge in [-0.2, -0.15) is 0 Å². The molecule has 0 amide bonds. The van der Waals surface area contributed by atoms with Crippen LogP contribution in [-0.2, 0) is 24.4 Å². The number of nitrogens with zero attached hydrogens (tertiary/aromatic N) is 2. The molecule has 5 nitrogen and oxygen atoms in total. The van der Waals surface area contributed by atoms with Crippen LogP contribution in [0.1, 0.15) is 17.0 Å². The molecule has 0 saturated carbocycles. The number of ether oxygens (including phenoxy) is 1. The van der Waals surface area contributed by atoms with E-state index in [1.54, 1.807) is 6.20 Å². The van der Waals surface area contributed by atoms with Gasteiger partial charge in [0.25, 0.3) is 0 Å². The van der Waals surface area contributed by atoms with Crippen LogP contribution >= 0.6 is 0 Å². The Labute approximate surface area is 125 Å². The lowest BCUT2D eigenvalue weighted by Gasteiger charge is -2.27. The Kier molecular flexibility index (Phi) is 4.99. The van der Waals surface area contributed by atoms with E-state index in [0.717, 1.165) is 51.8 Å². The highest BCUT2D eigenvalue weighted by molar-refractivity contribution is 5.27. The van der Waals surface area contributed by atoms with Crippen molar-refractivity contribution in [3.05, 3.63) is 53.6 Å². The molecule has 0 spiro atoms. The Morgan fingerprint density at radius 2 is 1.95 bits per heavy atom. The van der Waals surface area contributed by atoms with Gasteiger partial charge in [-0.1, -0.05) is 24.3 Å². The van der Waals surface area contributed by atoms with Crippen molar-refractivity contribution in [1.29, 1.82) is 0 Å². The summed E-state index contributed by atoms with van der Waals surface area (Å²) in [6.45, 7) is 6.36. The Bertz CT molecular complexity index is 535. The van der Waals surface area contributed by atoms with Crippen molar-refractivity contribution in [3.8, 4) is 0 Å². The minimum Gasteiger partial charge on any atom is -0.379 e. The maximum atomic E-state index is 5.41. The molecule has 0 aliphatic carbocycles. The number of aromatic nitrogens is 2. The second kappa shape index (κ2) is 7.36. The fraction of sp³-hybridized carbons (Fsp3) is 0.438. The van der Waals surface area contributed by atoms with Crippen molar-refractivity contribution < 1.29 is 4.74 Å². The molecule has 1 saturated heterocycles. The summed E-state index contributed by atoms with van der Waals surface area (Å²) in [4.78, 5) is 9.78. The zero-order valence-electron chi connectivity index (χ0n) is 12.2. The molecule has 3 rings (SSSR count). The van der Waals surface area contributed by atoms with E-state index >= 15 is 0 Å². The number of imidazole rings is 1. The van der Waals surface area contributed by atoms with Crippen molar-refractivity contribution in [3.63, 3.8) is 0 Å². The van der Waals surface area contributed by atoms with Gasteiger partial charge in [0.1, 0.15) is 5.82 Å². The maximum Gasteiger partial charge on any atom is 0.120 e. The van der Waals surface area contributed by atoms with Crippen LogP contribution in [0, 0.1) is 0 Å². The molecule has 1 aromatic carbocycles. The van der Waals surface area contributed by atoms with Gasteiger partial charge in [0.05, 0.1) is 19.8 Å². The highest BCUT2D eigenvalue weighted by Crippen LogP contribution is 2.13. The number of hydrogen-bond acceptors (Lipinski definition) is 4. The van der Waals surface area contributed by atoms with Crippen LogP contribution in [-0.4, -0.2) is 41.2 Å². The van der Waals surface area contributed by atoms with Crippen LogP contribution in [0.5, 0.6) is 0 Å². The van der Waals surface area contributed by atoms with Crippen LogP contribution in [0.15, 0.2) is 36.7 Å². The van der Waals surface area contributed by atoms with E-state index in [9.17, 15) is 0 Å². The summed E-state index contributed by atoms with van der Waals surface area (Å²) in [5.74, 6) is 0.973. The number of morpholine rings is 1. The van der Waals surface area contributed by atoms with E-state index in [1.165, 1.54) is 11.1 Å². The van der Waals surface area contributed by atoms with Gasteiger partial charge >= 0.3 is 0 Å². The smallest absolute Gasteiger partial charge is 0.120 e. The summed E-state index contributed by atoms with van der Waals surface area (Å²) in [5.41, 5.74) is 2.75. The number of aromatic amines is 1. The zero-order valence-corrected chi connectivity index (χ0v) is 12.2. The van der Waals surface area contributed by atoms with Crippen molar-refractivity contribution in [2.24, 2.45) is 0 Å². The van der Waals surface area contributed by atoms with Gasteiger partial charge in [-0.25, -0.2) is 4.98 Å². The fourth-order valence-corrected chi connectivity index (χ4v) is 2.59. The molecule has 2 aromatic rings. The molecular formula is C16H22N4O. The first-order valence-corrected chi connectivity index (χ1v) is 7.47. The first-order chi connectivity index (χ1) is 10.4. The zero-order chi connectivity index (χ0) is 14.3. The van der Waals surface area contributed by atoms with Gasteiger partial charge in [-0.05, 0) is 11.1 Å². The Balaban J connectivity index is 1.56. The Hall–Kier alpha value is -1.69. The minimum absolute atomic E-state index is 0.763. The van der Waals surface area contributed by atoms with Crippen molar-refractivity contribution in [1.82, 2.24) is 20.2 Å². The Morgan fingerprint density at radius 3 is 2.71 bits per heavy atom. The van der Waals surface area contributed by atoms with E-state index < -0.39 is 0 Å². The lowest BCUT2D eigenvalue weighted by atomic mass is 10.1. The van der Waals surface area contributed by atoms with Crippen LogP contribution in [0.25, 0.3) is 0 Å². The van der Waals surface area contributed by atoms with Crippen molar-refractivity contribution in [2.45, 2.75) is 19.6 Å². The van der Waals surface area contributed by atoms with E-state index in [1.807, 2.05) is 6.20 Å². The molecular weight excluding hydrogens is 264 g/mol. The average molecular weight is 286 g/mol. The molecule has 112 valence electrons. The summed E-state index contributed by atoms with van der Waals surface area (Å²) in [6.07, 6.45) is 3.63. The third-order valence-corrected chi connectivity index (χ3v) is 3.78. The number of H-pyrrole nitrogens is 1. The quantitative estimate of drug-likeness (QED) is 0.845. The van der Waals surface area contributed by atoms with E-state index in [2.05, 4.69) is 44.5 Å². The summed E-state index contributed by atoms with van der Waals surface area (Å²) in [6, 6.07) is 8.64. The SMILES string of the molecule is c1ccc(CN2CCOCC2)c(CNCc2ncc[nH]2)c1. The second-order valence-electron chi connectivity index (χ2n) is 5.30. The number of nitrogens with one attached hydrogen (secondary N) is 2. The standard InChI is InChI=1S/C16H22N4O/c1-2-4-15(13-20-7-9-21-10-8-20)14(3-1)11-17-12-16-18-5-6-19-16/h1-6,17H,7-13H2,(H,18,19). The van der Waals surface area contributed by atoms with Crippen LogP contribution in [0.2, 0.25) is 0 Å². The third-order valence-electron chi connectivity index (χ3n) is 3.78. The molecule has 1 aliphatic rings. The minimum atomic E-state index is 0.763. The van der Waals surface area contributed by atoms with Gasteiger partial charge in [0.2, 0.25) is 0 Å². The van der Waals surface area contributed by atoms with E-state index in [-0.39, 0.29) is 0 Å². The summed E-state index contributed by atoms with van der Waals surface area (Å²) in [5, 5.41) is 3.44. The summed E-state index contributed by atoms with van der Waals surface area (Å²) < 4.78 is 5.41. The third kappa shape index (κ3) is 4.14.